The van der Waals surface area contributed by atoms with Crippen LogP contribution in [0.15, 0.2) is 65.7 Å². The minimum atomic E-state index is -1.19. The molecule has 24 heteroatoms. The standard InChI is InChI=1S/C57H67ClF2N12O8S/c1-33-35(3)81-56-48(33)49(38-12-14-39(58)15-13-38)64-44(51-67-66-36(4)71(51)56)32-47(73)63-40-16-18-41(19-17-40)80-29-28-79-27-26-78-25-20-62-57(77)72-46-31-43(60)42(59)30-45(46)68(6)53(72)55(76)70-23-21-69(22-24-70)54(75)50(37-10-8-7-9-11-37)65-52(74)34(2)61-5/h12-19,30-31,34,37,44,50,61H,7-11,20-29,32H2,1-6H3,(H2-,62,63,65,73,74,77)/p+1/t34-,44-,50-/m0/s1. The summed E-state index contributed by atoms with van der Waals surface area (Å²) in [5, 5.41) is 22.1. The molecule has 5 heterocycles. The van der Waals surface area contributed by atoms with E-state index in [2.05, 4.69) is 45.3 Å². The number of piperazine rings is 1. The Morgan fingerprint density at radius 2 is 1.52 bits per heavy atom. The van der Waals surface area contributed by atoms with E-state index in [0.717, 1.165) is 81.1 Å². The SMILES string of the molecule is CN[C@@H](C)C(=O)N[C@H](C(=O)N1CCN(C(=O)c2n(C(=O)NCCOCCOCCOc3ccc(NC(=O)C[C@@H]4N=C(c5ccc(Cl)cc5)c5c(sc(C)c5C)-n5c(C)nnc54)cc3)c3cc(F)c(F)cc3[n+]2C)CC1)C1CCCCC1. The van der Waals surface area contributed by atoms with Crippen molar-refractivity contribution < 1.29 is 51.5 Å². The minimum Gasteiger partial charge on any atom is -0.491 e. The number of nitrogens with one attached hydrogen (secondary N) is 4. The zero-order chi connectivity index (χ0) is 57.5. The number of nitrogens with zero attached hydrogens (tertiary/aromatic N) is 8. The molecule has 0 radical (unpaired) electrons. The van der Waals surface area contributed by atoms with Crippen LogP contribution in [-0.2, 0) is 30.9 Å². The maximum absolute atomic E-state index is 14.7. The number of rotatable bonds is 20. The number of carbonyl (C=O) groups excluding carboxylic acids is 5. The predicted octanol–water partition coefficient (Wildman–Crippen LogP) is 6.51. The Morgan fingerprint density at radius 1 is 0.852 bits per heavy atom. The van der Waals surface area contributed by atoms with Crippen molar-refractivity contribution in [1.82, 2.24) is 45.1 Å². The number of thiophene rings is 1. The van der Waals surface area contributed by atoms with E-state index in [0.29, 0.717) is 28.1 Å². The van der Waals surface area contributed by atoms with Gasteiger partial charge in [0.1, 0.15) is 35.3 Å². The van der Waals surface area contributed by atoms with Crippen LogP contribution < -0.4 is 30.6 Å². The highest BCUT2D eigenvalue weighted by Crippen LogP contribution is 2.40. The van der Waals surface area contributed by atoms with E-state index in [1.165, 1.54) is 16.5 Å². The topological polar surface area (TPSA) is 220 Å². The Morgan fingerprint density at radius 3 is 2.22 bits per heavy atom. The van der Waals surface area contributed by atoms with Gasteiger partial charge in [-0.05, 0) is 95.5 Å². The quantitative estimate of drug-likeness (QED) is 0.0477. The summed E-state index contributed by atoms with van der Waals surface area (Å²) < 4.78 is 51.0. The van der Waals surface area contributed by atoms with Gasteiger partial charge >= 0.3 is 17.8 Å². The Balaban J connectivity index is 0.719. The molecule has 2 fully saturated rings. The second-order valence-electron chi connectivity index (χ2n) is 20.5. The van der Waals surface area contributed by atoms with E-state index >= 15 is 0 Å². The number of amides is 5. The monoisotopic (exact) mass is 1150 g/mol. The van der Waals surface area contributed by atoms with Crippen molar-refractivity contribution in [2.45, 2.75) is 84.3 Å². The van der Waals surface area contributed by atoms with Gasteiger partial charge in [0.2, 0.25) is 17.7 Å². The summed E-state index contributed by atoms with van der Waals surface area (Å²) in [5.74, 6) is -1.88. The van der Waals surface area contributed by atoms with Crippen LogP contribution in [0.25, 0.3) is 16.0 Å². The van der Waals surface area contributed by atoms with Crippen molar-refractivity contribution in [1.29, 1.82) is 0 Å². The molecule has 81 heavy (non-hydrogen) atoms. The molecule has 1 saturated carbocycles. The highest BCUT2D eigenvalue weighted by Gasteiger charge is 2.41. The third-order valence-corrected chi connectivity index (χ3v) is 16.6. The molecule has 6 aromatic rings. The number of aliphatic imine (C=N–C) groups is 1. The molecular weight excluding hydrogens is 1090 g/mol. The van der Waals surface area contributed by atoms with Crippen LogP contribution in [0.5, 0.6) is 5.75 Å². The number of hydrogen-bond acceptors (Lipinski definition) is 13. The Labute approximate surface area is 477 Å². The molecule has 1 saturated heterocycles. The average Bonchev–Trinajstić information content (AvgIpc) is 4.23. The lowest BCUT2D eigenvalue weighted by Gasteiger charge is -2.38. The first-order chi connectivity index (χ1) is 39.0. The van der Waals surface area contributed by atoms with Crippen molar-refractivity contribution >= 4 is 75.0 Å². The van der Waals surface area contributed by atoms with Crippen molar-refractivity contribution in [2.24, 2.45) is 18.0 Å². The van der Waals surface area contributed by atoms with Crippen molar-refractivity contribution in [2.75, 3.05) is 78.1 Å². The number of aromatic nitrogens is 5. The first-order valence-corrected chi connectivity index (χ1v) is 28.5. The van der Waals surface area contributed by atoms with Crippen LogP contribution in [-0.4, -0.2) is 149 Å². The molecule has 0 spiro atoms. The molecule has 20 nitrogen and oxygen atoms in total. The maximum atomic E-state index is 14.7. The van der Waals surface area contributed by atoms with E-state index < -0.39 is 41.7 Å². The van der Waals surface area contributed by atoms with Crippen LogP contribution in [0.4, 0.5) is 19.3 Å². The van der Waals surface area contributed by atoms with Crippen molar-refractivity contribution in [3.05, 3.63) is 116 Å². The predicted molar refractivity (Wildman–Crippen MR) is 301 cm³/mol. The Hall–Kier alpha value is -7.18. The lowest BCUT2D eigenvalue weighted by molar-refractivity contribution is -0.647. The molecule has 3 aliphatic rings. The maximum Gasteiger partial charge on any atom is 0.414 e. The molecule has 0 bridgehead atoms. The number of carbonyl (C=O) groups is 5. The number of benzene rings is 3. The van der Waals surface area contributed by atoms with Gasteiger partial charge in [0.15, 0.2) is 28.5 Å². The highest BCUT2D eigenvalue weighted by atomic mass is 35.5. The molecule has 3 atom stereocenters. The summed E-state index contributed by atoms with van der Waals surface area (Å²) >= 11 is 7.90. The molecule has 430 valence electrons. The molecule has 3 aromatic heterocycles. The third-order valence-electron chi connectivity index (χ3n) is 15.2. The summed E-state index contributed by atoms with van der Waals surface area (Å²) in [5.41, 5.74) is 4.41. The van der Waals surface area contributed by atoms with Crippen LogP contribution in [0.3, 0.4) is 0 Å². The summed E-state index contributed by atoms with van der Waals surface area (Å²) in [4.78, 5) is 78.3. The van der Waals surface area contributed by atoms with E-state index in [1.54, 1.807) is 54.5 Å². The van der Waals surface area contributed by atoms with Crippen LogP contribution in [0, 0.1) is 38.3 Å². The fourth-order valence-electron chi connectivity index (χ4n) is 10.5. The second-order valence-corrected chi connectivity index (χ2v) is 22.1. The zero-order valence-corrected chi connectivity index (χ0v) is 47.9. The Kier molecular flexibility index (Phi) is 18.9. The zero-order valence-electron chi connectivity index (χ0n) is 46.3. The van der Waals surface area contributed by atoms with Gasteiger partial charge in [-0.15, -0.1) is 26.1 Å². The van der Waals surface area contributed by atoms with E-state index in [4.69, 9.17) is 30.8 Å². The fourth-order valence-corrected chi connectivity index (χ4v) is 11.9. The molecule has 0 unspecified atom stereocenters. The van der Waals surface area contributed by atoms with Crippen LogP contribution in [0.1, 0.15) is 95.3 Å². The largest absolute Gasteiger partial charge is 0.491 e. The fraction of sp³-hybridized carbons (Fsp3) is 0.456. The van der Waals surface area contributed by atoms with Crippen LogP contribution >= 0.6 is 22.9 Å². The lowest BCUT2D eigenvalue weighted by atomic mass is 9.83. The van der Waals surface area contributed by atoms with Gasteiger partial charge in [-0.25, -0.2) is 18.1 Å². The first kappa shape index (κ1) is 58.5. The molecule has 1 aliphatic carbocycles. The van der Waals surface area contributed by atoms with Gasteiger partial charge in [0.25, 0.3) is 0 Å². The Bertz CT molecular complexity index is 3320. The van der Waals surface area contributed by atoms with E-state index in [9.17, 15) is 32.8 Å². The minimum absolute atomic E-state index is 0.000382. The van der Waals surface area contributed by atoms with E-state index in [1.807, 2.05) is 35.8 Å². The number of ether oxygens (including phenoxy) is 3. The van der Waals surface area contributed by atoms with Gasteiger partial charge in [0, 0.05) is 71.6 Å². The summed E-state index contributed by atoms with van der Waals surface area (Å²) in [7, 11) is 3.18. The van der Waals surface area contributed by atoms with E-state index in [-0.39, 0.29) is 113 Å². The van der Waals surface area contributed by atoms with Crippen molar-refractivity contribution in [3.8, 4) is 10.8 Å². The molecule has 5 amide bonds. The van der Waals surface area contributed by atoms with Gasteiger partial charge in [0.05, 0.1) is 51.6 Å². The first-order valence-electron chi connectivity index (χ1n) is 27.3. The van der Waals surface area contributed by atoms with Crippen LogP contribution in [0.2, 0.25) is 5.02 Å². The summed E-state index contributed by atoms with van der Waals surface area (Å²) in [6.45, 7) is 9.41. The second kappa shape index (κ2) is 26.2. The molecule has 4 N–H and O–H groups in total. The van der Waals surface area contributed by atoms with Gasteiger partial charge < -0.3 is 45.3 Å². The lowest BCUT2D eigenvalue weighted by Crippen LogP contribution is -2.59. The average molecular weight is 1150 g/mol. The number of aryl methyl sites for hydroxylation is 3. The molecule has 9 rings (SSSR count). The normalized spacial score (nSPS) is 16.3. The summed E-state index contributed by atoms with van der Waals surface area (Å²) in [6.07, 6.45) is 4.71. The molecule has 3 aromatic carbocycles. The number of likely N-dealkylation sites (N-methyl/N-ethyl adjacent to an activating group) is 1. The summed E-state index contributed by atoms with van der Waals surface area (Å²) in [6, 6.07) is 13.8. The van der Waals surface area contributed by atoms with Gasteiger partial charge in [-0.3, -0.25) is 28.7 Å². The molecule has 2 aliphatic heterocycles. The number of imidazole rings is 1. The number of fused-ring (bicyclic) bond motifs is 4. The number of hydrogen-bond donors (Lipinski definition) is 4. The smallest absolute Gasteiger partial charge is 0.414 e. The highest BCUT2D eigenvalue weighted by molar-refractivity contribution is 7.15. The van der Waals surface area contributed by atoms with Gasteiger partial charge in [-0.2, -0.15) is 0 Å². The number of anilines is 1. The van der Waals surface area contributed by atoms with Gasteiger partial charge in [-0.1, -0.05) is 43.0 Å². The third kappa shape index (κ3) is 13.1. The van der Waals surface area contributed by atoms with Crippen molar-refractivity contribution in [3.63, 3.8) is 0 Å². The molecular formula is C57H68ClF2N12O8S+. The number of halogens is 3.